The van der Waals surface area contributed by atoms with E-state index < -0.39 is 5.60 Å². The van der Waals surface area contributed by atoms with Crippen LogP contribution >= 0.6 is 0 Å². The number of hydrogen-bond acceptors (Lipinski definition) is 4. The van der Waals surface area contributed by atoms with Crippen LogP contribution in [0.3, 0.4) is 0 Å². The Morgan fingerprint density at radius 3 is 2.35 bits per heavy atom. The molecule has 2 N–H and O–H groups in total. The monoisotopic (exact) mass is 286 g/mol. The molecule has 3 unspecified atom stereocenters. The first-order valence-electron chi connectivity index (χ1n) is 7.54. The van der Waals surface area contributed by atoms with Crippen LogP contribution in [0.4, 0.5) is 4.79 Å². The molecule has 1 aliphatic rings. The second-order valence-corrected chi connectivity index (χ2v) is 6.88. The molecule has 0 radical (unpaired) electrons. The van der Waals surface area contributed by atoms with Gasteiger partial charge in [-0.25, -0.2) is 4.79 Å². The molecule has 118 valence electrons. The Kier molecular flexibility index (Phi) is 6.27. The highest BCUT2D eigenvalue weighted by atomic mass is 16.6. The summed E-state index contributed by atoms with van der Waals surface area (Å²) in [6.45, 7) is 12.5. The van der Waals surface area contributed by atoms with Crippen LogP contribution in [0.25, 0.3) is 0 Å². The number of nitrogens with one attached hydrogen (secondary N) is 2. The second-order valence-electron chi connectivity index (χ2n) is 6.88. The maximum absolute atomic E-state index is 11.6. The van der Waals surface area contributed by atoms with E-state index in [1.54, 1.807) is 0 Å². The standard InChI is InChI=1S/C15H30N2O3/c1-10(17-14(18)20-15(4,5)6)9-16-13-7-11(2)19-12(3)8-13/h10-13,16H,7-9H2,1-6H3,(H,17,18). The molecular formula is C15H30N2O3. The molecule has 1 heterocycles. The van der Waals surface area contributed by atoms with Gasteiger partial charge in [0.1, 0.15) is 5.60 Å². The Balaban J connectivity index is 2.25. The van der Waals surface area contributed by atoms with Gasteiger partial charge in [0.15, 0.2) is 0 Å². The van der Waals surface area contributed by atoms with Crippen LogP contribution in [-0.4, -0.2) is 42.5 Å². The predicted octanol–water partition coefficient (Wildman–Crippen LogP) is 2.45. The van der Waals surface area contributed by atoms with E-state index >= 15 is 0 Å². The summed E-state index contributed by atoms with van der Waals surface area (Å²) < 4.78 is 10.9. The Bertz CT molecular complexity index is 305. The van der Waals surface area contributed by atoms with Gasteiger partial charge in [-0.05, 0) is 54.4 Å². The number of ether oxygens (including phenoxy) is 2. The van der Waals surface area contributed by atoms with Crippen LogP contribution in [0.15, 0.2) is 0 Å². The molecule has 1 fully saturated rings. The van der Waals surface area contributed by atoms with E-state index in [2.05, 4.69) is 24.5 Å². The molecule has 0 aromatic rings. The largest absolute Gasteiger partial charge is 0.444 e. The minimum Gasteiger partial charge on any atom is -0.444 e. The molecule has 0 aromatic carbocycles. The maximum Gasteiger partial charge on any atom is 0.407 e. The lowest BCUT2D eigenvalue weighted by Crippen LogP contribution is -2.48. The predicted molar refractivity (Wildman–Crippen MR) is 79.9 cm³/mol. The maximum atomic E-state index is 11.6. The molecule has 3 atom stereocenters. The highest BCUT2D eigenvalue weighted by Gasteiger charge is 2.24. The molecule has 0 spiro atoms. The van der Waals surface area contributed by atoms with Gasteiger partial charge in [0.05, 0.1) is 12.2 Å². The lowest BCUT2D eigenvalue weighted by Gasteiger charge is -2.33. The fraction of sp³-hybridized carbons (Fsp3) is 0.933. The van der Waals surface area contributed by atoms with Gasteiger partial charge in [-0.3, -0.25) is 0 Å². The topological polar surface area (TPSA) is 59.6 Å². The summed E-state index contributed by atoms with van der Waals surface area (Å²) in [7, 11) is 0. The van der Waals surface area contributed by atoms with Crippen molar-refractivity contribution < 1.29 is 14.3 Å². The molecule has 0 aliphatic carbocycles. The van der Waals surface area contributed by atoms with E-state index in [1.807, 2.05) is 27.7 Å². The van der Waals surface area contributed by atoms with Crippen LogP contribution < -0.4 is 10.6 Å². The van der Waals surface area contributed by atoms with Crippen LogP contribution in [-0.2, 0) is 9.47 Å². The summed E-state index contributed by atoms with van der Waals surface area (Å²) in [6, 6.07) is 0.495. The summed E-state index contributed by atoms with van der Waals surface area (Å²) in [5, 5.41) is 6.34. The van der Waals surface area contributed by atoms with Gasteiger partial charge < -0.3 is 20.1 Å². The normalized spacial score (nSPS) is 28.8. The zero-order chi connectivity index (χ0) is 15.3. The first kappa shape index (κ1) is 17.2. The van der Waals surface area contributed by atoms with Crippen molar-refractivity contribution >= 4 is 6.09 Å². The van der Waals surface area contributed by atoms with E-state index in [-0.39, 0.29) is 12.1 Å². The molecular weight excluding hydrogens is 256 g/mol. The number of rotatable bonds is 4. The molecule has 1 rings (SSSR count). The smallest absolute Gasteiger partial charge is 0.407 e. The van der Waals surface area contributed by atoms with Crippen molar-refractivity contribution in [3.63, 3.8) is 0 Å². The third kappa shape index (κ3) is 7.10. The van der Waals surface area contributed by atoms with Crippen molar-refractivity contribution in [1.82, 2.24) is 10.6 Å². The zero-order valence-electron chi connectivity index (χ0n) is 13.7. The SMILES string of the molecule is CC(CNC1CC(C)OC(C)C1)NC(=O)OC(C)(C)C. The lowest BCUT2D eigenvalue weighted by molar-refractivity contribution is -0.0422. The lowest BCUT2D eigenvalue weighted by atomic mass is 10.00. The summed E-state index contributed by atoms with van der Waals surface area (Å²) >= 11 is 0. The number of amides is 1. The summed E-state index contributed by atoms with van der Waals surface area (Å²) in [4.78, 5) is 11.6. The summed E-state index contributed by atoms with van der Waals surface area (Å²) in [5.74, 6) is 0. The Labute approximate surface area is 122 Å². The quantitative estimate of drug-likeness (QED) is 0.833. The average Bonchev–Trinajstić information content (AvgIpc) is 2.22. The van der Waals surface area contributed by atoms with Crippen LogP contribution in [0, 0.1) is 0 Å². The Morgan fingerprint density at radius 1 is 1.30 bits per heavy atom. The van der Waals surface area contributed by atoms with Crippen molar-refractivity contribution in [2.45, 2.75) is 84.3 Å². The van der Waals surface area contributed by atoms with Gasteiger partial charge in [-0.1, -0.05) is 0 Å². The van der Waals surface area contributed by atoms with Crippen LogP contribution in [0.5, 0.6) is 0 Å². The molecule has 5 heteroatoms. The number of carbonyl (C=O) groups excluding carboxylic acids is 1. The van der Waals surface area contributed by atoms with Gasteiger partial charge in [0.25, 0.3) is 0 Å². The van der Waals surface area contributed by atoms with E-state index in [1.165, 1.54) is 0 Å². The van der Waals surface area contributed by atoms with Crippen molar-refractivity contribution in [3.05, 3.63) is 0 Å². The highest BCUT2D eigenvalue weighted by Crippen LogP contribution is 2.18. The van der Waals surface area contributed by atoms with E-state index in [0.29, 0.717) is 18.2 Å². The van der Waals surface area contributed by atoms with Gasteiger partial charge in [-0.2, -0.15) is 0 Å². The molecule has 0 saturated carbocycles. The van der Waals surface area contributed by atoms with Gasteiger partial charge in [0.2, 0.25) is 0 Å². The molecule has 1 amide bonds. The number of hydrogen-bond donors (Lipinski definition) is 2. The molecule has 20 heavy (non-hydrogen) atoms. The fourth-order valence-corrected chi connectivity index (χ4v) is 2.48. The summed E-state index contributed by atoms with van der Waals surface area (Å²) in [6.07, 6.45) is 2.27. The third-order valence-corrected chi connectivity index (χ3v) is 3.17. The molecule has 5 nitrogen and oxygen atoms in total. The third-order valence-electron chi connectivity index (χ3n) is 3.17. The van der Waals surface area contributed by atoms with Crippen molar-refractivity contribution in [2.75, 3.05) is 6.54 Å². The number of carbonyl (C=O) groups is 1. The van der Waals surface area contributed by atoms with Gasteiger partial charge in [-0.15, -0.1) is 0 Å². The van der Waals surface area contributed by atoms with E-state index in [4.69, 9.17) is 9.47 Å². The molecule has 0 aromatic heterocycles. The first-order chi connectivity index (χ1) is 9.15. The number of alkyl carbamates (subject to hydrolysis) is 1. The minimum atomic E-state index is -0.456. The van der Waals surface area contributed by atoms with Gasteiger partial charge >= 0.3 is 6.09 Å². The average molecular weight is 286 g/mol. The fourth-order valence-electron chi connectivity index (χ4n) is 2.48. The van der Waals surface area contributed by atoms with Crippen molar-refractivity contribution in [1.29, 1.82) is 0 Å². The molecule has 1 aliphatic heterocycles. The molecule has 0 bridgehead atoms. The first-order valence-corrected chi connectivity index (χ1v) is 7.54. The summed E-state index contributed by atoms with van der Waals surface area (Å²) in [5.41, 5.74) is -0.456. The van der Waals surface area contributed by atoms with Crippen molar-refractivity contribution in [2.24, 2.45) is 0 Å². The second kappa shape index (κ2) is 7.27. The molecule has 1 saturated heterocycles. The Morgan fingerprint density at radius 2 is 1.85 bits per heavy atom. The van der Waals surface area contributed by atoms with Crippen molar-refractivity contribution in [3.8, 4) is 0 Å². The van der Waals surface area contributed by atoms with E-state index in [0.717, 1.165) is 19.4 Å². The van der Waals surface area contributed by atoms with Gasteiger partial charge in [0, 0.05) is 18.6 Å². The van der Waals surface area contributed by atoms with Crippen LogP contribution in [0.2, 0.25) is 0 Å². The van der Waals surface area contributed by atoms with Crippen LogP contribution in [0.1, 0.15) is 54.4 Å². The minimum absolute atomic E-state index is 0.0401. The zero-order valence-corrected chi connectivity index (χ0v) is 13.7. The van der Waals surface area contributed by atoms with E-state index in [9.17, 15) is 4.79 Å². The highest BCUT2D eigenvalue weighted by molar-refractivity contribution is 5.68. The Hall–Kier alpha value is -0.810.